The molecule has 0 aliphatic rings. The molecule has 1 aromatic carbocycles. The van der Waals surface area contributed by atoms with Crippen LogP contribution in [0.25, 0.3) is 17.0 Å². The molecule has 0 unspecified atom stereocenters. The summed E-state index contributed by atoms with van der Waals surface area (Å²) in [5.74, 6) is -0.114. The first kappa shape index (κ1) is 15.6. The molecule has 24 heavy (non-hydrogen) atoms. The standard InChI is InChI=1S/C18H17N5O/c1-12-13(2)20-22(3)17(12)18(24)15(11-19)16-9-10-23(21-16)14-7-5-4-6-8-14/h4-10,24H,1-3H3. The zero-order valence-electron chi connectivity index (χ0n) is 13.7. The number of rotatable bonds is 3. The van der Waals surface area contributed by atoms with E-state index < -0.39 is 0 Å². The summed E-state index contributed by atoms with van der Waals surface area (Å²) in [4.78, 5) is 0. The van der Waals surface area contributed by atoms with E-state index in [2.05, 4.69) is 16.3 Å². The molecule has 6 nitrogen and oxygen atoms in total. The van der Waals surface area contributed by atoms with Gasteiger partial charge >= 0.3 is 0 Å². The lowest BCUT2D eigenvalue weighted by Crippen LogP contribution is -2.01. The van der Waals surface area contributed by atoms with Crippen LogP contribution in [-0.4, -0.2) is 24.7 Å². The van der Waals surface area contributed by atoms with E-state index in [0.29, 0.717) is 11.4 Å². The first-order valence-electron chi connectivity index (χ1n) is 7.48. The van der Waals surface area contributed by atoms with Gasteiger partial charge in [-0.05, 0) is 32.0 Å². The molecule has 0 bridgehead atoms. The van der Waals surface area contributed by atoms with Crippen molar-refractivity contribution in [2.75, 3.05) is 0 Å². The molecule has 1 N–H and O–H groups in total. The number of aliphatic hydroxyl groups is 1. The number of hydrogen-bond acceptors (Lipinski definition) is 4. The fourth-order valence-corrected chi connectivity index (χ4v) is 2.63. The summed E-state index contributed by atoms with van der Waals surface area (Å²) < 4.78 is 3.24. The Hall–Kier alpha value is -3.33. The molecular weight excluding hydrogens is 302 g/mol. The predicted molar refractivity (Wildman–Crippen MR) is 91.3 cm³/mol. The molecule has 0 spiro atoms. The molecule has 2 heterocycles. The molecule has 0 saturated carbocycles. The maximum Gasteiger partial charge on any atom is 0.161 e. The third kappa shape index (κ3) is 2.57. The molecule has 3 aromatic rings. The van der Waals surface area contributed by atoms with Crippen LogP contribution < -0.4 is 0 Å². The van der Waals surface area contributed by atoms with Crippen molar-refractivity contribution in [3.8, 4) is 11.8 Å². The monoisotopic (exact) mass is 319 g/mol. The zero-order chi connectivity index (χ0) is 17.3. The summed E-state index contributed by atoms with van der Waals surface area (Å²) in [6.45, 7) is 3.73. The Labute approximate surface area is 139 Å². The third-order valence-corrected chi connectivity index (χ3v) is 3.96. The fourth-order valence-electron chi connectivity index (χ4n) is 2.63. The van der Waals surface area contributed by atoms with Gasteiger partial charge < -0.3 is 5.11 Å². The summed E-state index contributed by atoms with van der Waals surface area (Å²) in [5.41, 5.74) is 3.59. The quantitative estimate of drug-likeness (QED) is 0.594. The lowest BCUT2D eigenvalue weighted by molar-refractivity contribution is 0.502. The van der Waals surface area contributed by atoms with Gasteiger partial charge in [0.25, 0.3) is 0 Å². The molecule has 0 atom stereocenters. The number of allylic oxidation sites excluding steroid dienone is 1. The molecule has 0 fully saturated rings. The Bertz CT molecular complexity index is 957. The largest absolute Gasteiger partial charge is 0.504 e. The number of para-hydroxylation sites is 1. The van der Waals surface area contributed by atoms with E-state index in [1.54, 1.807) is 28.7 Å². The van der Waals surface area contributed by atoms with Crippen LogP contribution in [0.1, 0.15) is 22.6 Å². The number of nitrogens with zero attached hydrogens (tertiary/aromatic N) is 5. The van der Waals surface area contributed by atoms with Crippen molar-refractivity contribution in [2.24, 2.45) is 7.05 Å². The summed E-state index contributed by atoms with van der Waals surface area (Å²) in [7, 11) is 1.74. The van der Waals surface area contributed by atoms with Crippen LogP contribution in [0.2, 0.25) is 0 Å². The fraction of sp³-hybridized carbons (Fsp3) is 0.167. The van der Waals surface area contributed by atoms with Crippen molar-refractivity contribution >= 4 is 11.3 Å². The number of aliphatic hydroxyl groups excluding tert-OH is 1. The third-order valence-electron chi connectivity index (χ3n) is 3.96. The lowest BCUT2D eigenvalue weighted by atomic mass is 10.1. The van der Waals surface area contributed by atoms with Gasteiger partial charge in [0.1, 0.15) is 23.0 Å². The van der Waals surface area contributed by atoms with Gasteiger partial charge in [-0.1, -0.05) is 18.2 Å². The Kier molecular flexibility index (Phi) is 3.92. The van der Waals surface area contributed by atoms with E-state index in [1.807, 2.05) is 44.2 Å². The molecule has 0 amide bonds. The van der Waals surface area contributed by atoms with Crippen molar-refractivity contribution in [3.63, 3.8) is 0 Å². The molecular formula is C18H17N5O. The number of benzene rings is 1. The first-order chi connectivity index (χ1) is 11.5. The zero-order valence-corrected chi connectivity index (χ0v) is 13.7. The van der Waals surface area contributed by atoms with E-state index in [1.165, 1.54) is 0 Å². The van der Waals surface area contributed by atoms with Crippen LogP contribution in [0.15, 0.2) is 42.6 Å². The maximum absolute atomic E-state index is 10.6. The number of nitriles is 1. The van der Waals surface area contributed by atoms with Crippen molar-refractivity contribution in [1.82, 2.24) is 19.6 Å². The average molecular weight is 319 g/mol. The lowest BCUT2D eigenvalue weighted by Gasteiger charge is -2.05. The van der Waals surface area contributed by atoms with Gasteiger partial charge in [0.15, 0.2) is 5.76 Å². The summed E-state index contributed by atoms with van der Waals surface area (Å²) in [5, 5.41) is 28.9. The first-order valence-corrected chi connectivity index (χ1v) is 7.48. The predicted octanol–water partition coefficient (Wildman–Crippen LogP) is 3.17. The molecule has 2 aromatic heterocycles. The molecule has 120 valence electrons. The van der Waals surface area contributed by atoms with Gasteiger partial charge in [-0.2, -0.15) is 15.5 Å². The highest BCUT2D eigenvalue weighted by molar-refractivity contribution is 5.92. The Morgan fingerprint density at radius 3 is 2.42 bits per heavy atom. The number of aryl methyl sites for hydroxylation is 2. The minimum Gasteiger partial charge on any atom is -0.504 e. The van der Waals surface area contributed by atoms with E-state index in [-0.39, 0.29) is 11.3 Å². The highest BCUT2D eigenvalue weighted by Gasteiger charge is 2.19. The molecule has 3 rings (SSSR count). The summed E-state index contributed by atoms with van der Waals surface area (Å²) in [6, 6.07) is 13.4. The van der Waals surface area contributed by atoms with E-state index in [4.69, 9.17) is 0 Å². The molecule has 0 aliphatic heterocycles. The van der Waals surface area contributed by atoms with Gasteiger partial charge in [-0.15, -0.1) is 0 Å². The maximum atomic E-state index is 10.6. The number of hydrogen-bond donors (Lipinski definition) is 1. The summed E-state index contributed by atoms with van der Waals surface area (Å²) >= 11 is 0. The summed E-state index contributed by atoms with van der Waals surface area (Å²) in [6.07, 6.45) is 1.76. The van der Waals surface area contributed by atoms with E-state index >= 15 is 0 Å². The minimum absolute atomic E-state index is 0.114. The van der Waals surface area contributed by atoms with E-state index in [9.17, 15) is 10.4 Å². The van der Waals surface area contributed by atoms with Crippen molar-refractivity contribution in [2.45, 2.75) is 13.8 Å². The van der Waals surface area contributed by atoms with Crippen LogP contribution >= 0.6 is 0 Å². The van der Waals surface area contributed by atoms with Gasteiger partial charge in [0, 0.05) is 18.8 Å². The SMILES string of the molecule is Cc1nn(C)c(C(O)=C(C#N)c2ccn(-c3ccccc3)n2)c1C. The van der Waals surface area contributed by atoms with Crippen LogP contribution in [0.4, 0.5) is 0 Å². The molecule has 0 aliphatic carbocycles. The van der Waals surface area contributed by atoms with E-state index in [0.717, 1.165) is 16.9 Å². The van der Waals surface area contributed by atoms with Crippen LogP contribution in [0.3, 0.4) is 0 Å². The Balaban J connectivity index is 2.10. The highest BCUT2D eigenvalue weighted by Crippen LogP contribution is 2.26. The van der Waals surface area contributed by atoms with Gasteiger partial charge in [-0.25, -0.2) is 4.68 Å². The molecule has 0 radical (unpaired) electrons. The van der Waals surface area contributed by atoms with Crippen molar-refractivity contribution in [3.05, 3.63) is 65.2 Å². The Morgan fingerprint density at radius 2 is 1.83 bits per heavy atom. The topological polar surface area (TPSA) is 79.7 Å². The van der Waals surface area contributed by atoms with Gasteiger partial charge in [0.05, 0.1) is 11.4 Å². The molecule has 0 saturated heterocycles. The van der Waals surface area contributed by atoms with Crippen molar-refractivity contribution < 1.29 is 5.11 Å². The van der Waals surface area contributed by atoms with Crippen LogP contribution in [0.5, 0.6) is 0 Å². The molecule has 6 heteroatoms. The smallest absolute Gasteiger partial charge is 0.161 e. The van der Waals surface area contributed by atoms with Crippen LogP contribution in [-0.2, 0) is 7.05 Å². The Morgan fingerprint density at radius 1 is 1.12 bits per heavy atom. The second-order valence-electron chi connectivity index (χ2n) is 5.50. The second kappa shape index (κ2) is 6.05. The van der Waals surface area contributed by atoms with Gasteiger partial charge in [0.2, 0.25) is 0 Å². The average Bonchev–Trinajstić information content (AvgIpc) is 3.15. The second-order valence-corrected chi connectivity index (χ2v) is 5.50. The highest BCUT2D eigenvalue weighted by atomic mass is 16.3. The number of aromatic nitrogens is 4. The normalized spacial score (nSPS) is 11.9. The van der Waals surface area contributed by atoms with Crippen molar-refractivity contribution in [1.29, 1.82) is 5.26 Å². The van der Waals surface area contributed by atoms with Gasteiger partial charge in [-0.3, -0.25) is 4.68 Å². The van der Waals surface area contributed by atoms with Crippen LogP contribution in [0, 0.1) is 25.2 Å². The minimum atomic E-state index is -0.114.